The van der Waals surface area contributed by atoms with Crippen LogP contribution in [0.25, 0.3) is 0 Å². The van der Waals surface area contributed by atoms with Crippen LogP contribution in [0.1, 0.15) is 41.0 Å². The fraction of sp³-hybridized carbons (Fsp3) is 0.529. The van der Waals surface area contributed by atoms with E-state index >= 15 is 0 Å². The van der Waals surface area contributed by atoms with Gasteiger partial charge in [-0.1, -0.05) is 6.92 Å². The predicted molar refractivity (Wildman–Crippen MR) is 94.6 cm³/mol. The zero-order valence-electron chi connectivity index (χ0n) is 14.5. The highest BCUT2D eigenvalue weighted by atomic mass is 32.1. The lowest BCUT2D eigenvalue weighted by Crippen LogP contribution is -2.27. The second kappa shape index (κ2) is 6.47. The minimum Gasteiger partial charge on any atom is -0.302 e. The highest BCUT2D eigenvalue weighted by Crippen LogP contribution is 2.32. The Labute approximate surface area is 145 Å². The molecular weight excluding hydrogens is 324 g/mol. The van der Waals surface area contributed by atoms with Gasteiger partial charge in [-0.25, -0.2) is 9.97 Å². The number of anilines is 1. The van der Waals surface area contributed by atoms with E-state index in [0.29, 0.717) is 28.1 Å². The third-order valence-electron chi connectivity index (χ3n) is 4.60. The third-order valence-corrected chi connectivity index (χ3v) is 5.64. The van der Waals surface area contributed by atoms with Crippen LogP contribution in [0.4, 0.5) is 5.13 Å². The summed E-state index contributed by atoms with van der Waals surface area (Å²) in [5, 5.41) is 3.51. The second-order valence-corrected chi connectivity index (χ2v) is 7.64. The van der Waals surface area contributed by atoms with Gasteiger partial charge in [0.15, 0.2) is 5.13 Å². The van der Waals surface area contributed by atoms with E-state index in [9.17, 15) is 9.59 Å². The molecule has 128 valence electrons. The first-order chi connectivity index (χ1) is 11.3. The minimum atomic E-state index is -0.183. The van der Waals surface area contributed by atoms with Crippen molar-refractivity contribution >= 4 is 22.4 Å². The second-order valence-electron chi connectivity index (χ2n) is 6.56. The molecule has 1 aliphatic carbocycles. The molecule has 6 nitrogen and oxygen atoms in total. The quantitative estimate of drug-likeness (QED) is 0.924. The Morgan fingerprint density at radius 3 is 2.88 bits per heavy atom. The van der Waals surface area contributed by atoms with Crippen LogP contribution in [-0.2, 0) is 31.1 Å². The summed E-state index contributed by atoms with van der Waals surface area (Å²) in [5.41, 5.74) is 2.06. The summed E-state index contributed by atoms with van der Waals surface area (Å²) in [6, 6.07) is 0. The van der Waals surface area contributed by atoms with Crippen LogP contribution in [-0.4, -0.2) is 20.4 Å². The predicted octanol–water partition coefficient (Wildman–Crippen LogP) is 2.16. The molecule has 0 aliphatic heterocycles. The van der Waals surface area contributed by atoms with Crippen molar-refractivity contribution in [2.24, 2.45) is 13.0 Å². The number of thiazole rings is 1. The number of rotatable bonds is 3. The third kappa shape index (κ3) is 3.26. The van der Waals surface area contributed by atoms with Gasteiger partial charge in [0.2, 0.25) is 5.91 Å². The number of hydrogen-bond donors (Lipinski definition) is 1. The Balaban J connectivity index is 1.74. The van der Waals surface area contributed by atoms with Gasteiger partial charge >= 0.3 is 0 Å². The van der Waals surface area contributed by atoms with Crippen molar-refractivity contribution in [2.75, 3.05) is 5.32 Å². The molecule has 0 bridgehead atoms. The van der Waals surface area contributed by atoms with Gasteiger partial charge in [0.1, 0.15) is 5.82 Å². The maximum absolute atomic E-state index is 12.3. The number of nitrogens with one attached hydrogen (secondary N) is 1. The number of amides is 1. The molecule has 1 N–H and O–H groups in total. The fourth-order valence-corrected chi connectivity index (χ4v) is 4.14. The van der Waals surface area contributed by atoms with Crippen molar-refractivity contribution in [2.45, 2.75) is 46.5 Å². The van der Waals surface area contributed by atoms with Gasteiger partial charge in [-0.05, 0) is 39.0 Å². The first-order valence-electron chi connectivity index (χ1n) is 8.16. The molecule has 0 saturated heterocycles. The van der Waals surface area contributed by atoms with Gasteiger partial charge in [0.25, 0.3) is 5.56 Å². The summed E-state index contributed by atoms with van der Waals surface area (Å²) >= 11 is 1.56. The lowest BCUT2D eigenvalue weighted by molar-refractivity contribution is -0.115. The van der Waals surface area contributed by atoms with Crippen LogP contribution in [0.3, 0.4) is 0 Å². The normalized spacial score (nSPS) is 16.8. The van der Waals surface area contributed by atoms with Crippen molar-refractivity contribution in [3.05, 3.63) is 38.0 Å². The molecule has 7 heteroatoms. The summed E-state index contributed by atoms with van der Waals surface area (Å²) in [6.45, 7) is 5.72. The summed E-state index contributed by atoms with van der Waals surface area (Å²) in [4.78, 5) is 34.6. The summed E-state index contributed by atoms with van der Waals surface area (Å²) in [5.74, 6) is 1.10. The van der Waals surface area contributed by atoms with Gasteiger partial charge in [-0.2, -0.15) is 0 Å². The van der Waals surface area contributed by atoms with E-state index in [0.717, 1.165) is 25.0 Å². The number of fused-ring (bicyclic) bond motifs is 1. The fourth-order valence-electron chi connectivity index (χ4n) is 2.96. The molecule has 2 aromatic heterocycles. The first kappa shape index (κ1) is 16.8. The molecule has 2 aromatic rings. The van der Waals surface area contributed by atoms with E-state index in [1.54, 1.807) is 32.2 Å². The highest BCUT2D eigenvalue weighted by Gasteiger charge is 2.21. The largest absolute Gasteiger partial charge is 0.302 e. The number of aryl methyl sites for hydroxylation is 2. The highest BCUT2D eigenvalue weighted by molar-refractivity contribution is 7.15. The molecule has 3 rings (SSSR count). The molecule has 0 saturated carbocycles. The van der Waals surface area contributed by atoms with Gasteiger partial charge in [0, 0.05) is 17.5 Å². The average Bonchev–Trinajstić information content (AvgIpc) is 2.91. The smallest absolute Gasteiger partial charge is 0.256 e. The van der Waals surface area contributed by atoms with E-state index in [-0.39, 0.29) is 17.9 Å². The Morgan fingerprint density at radius 2 is 2.12 bits per heavy atom. The maximum atomic E-state index is 12.3. The molecule has 1 amide bonds. The first-order valence-corrected chi connectivity index (χ1v) is 8.98. The minimum absolute atomic E-state index is 0.0867. The van der Waals surface area contributed by atoms with Crippen molar-refractivity contribution in [3.63, 3.8) is 0 Å². The Bertz CT molecular complexity index is 853. The van der Waals surface area contributed by atoms with E-state index < -0.39 is 0 Å². The molecule has 24 heavy (non-hydrogen) atoms. The van der Waals surface area contributed by atoms with E-state index in [4.69, 9.17) is 0 Å². The zero-order valence-corrected chi connectivity index (χ0v) is 15.3. The van der Waals surface area contributed by atoms with Gasteiger partial charge < -0.3 is 5.32 Å². The van der Waals surface area contributed by atoms with Crippen LogP contribution >= 0.6 is 11.3 Å². The van der Waals surface area contributed by atoms with E-state index in [1.807, 2.05) is 0 Å². The maximum Gasteiger partial charge on any atom is 0.256 e. The molecule has 0 spiro atoms. The van der Waals surface area contributed by atoms with E-state index in [2.05, 4.69) is 22.2 Å². The Kier molecular flexibility index (Phi) is 4.54. The lowest BCUT2D eigenvalue weighted by Gasteiger charge is -2.15. The SMILES string of the molecule is Cc1c(CC(=O)Nc2nc3c(s2)CC(C)CC3)nc(C)n(C)c1=O. The molecule has 1 atom stereocenters. The number of aromatic nitrogens is 3. The summed E-state index contributed by atoms with van der Waals surface area (Å²) < 4.78 is 1.49. The molecule has 2 heterocycles. The van der Waals surface area contributed by atoms with E-state index in [1.165, 1.54) is 9.44 Å². The van der Waals surface area contributed by atoms with Crippen LogP contribution < -0.4 is 10.9 Å². The van der Waals surface area contributed by atoms with Crippen molar-refractivity contribution in [1.29, 1.82) is 0 Å². The van der Waals surface area contributed by atoms with Crippen LogP contribution in [0.2, 0.25) is 0 Å². The molecule has 1 unspecified atom stereocenters. The van der Waals surface area contributed by atoms with Crippen molar-refractivity contribution < 1.29 is 4.79 Å². The lowest BCUT2D eigenvalue weighted by atomic mass is 9.93. The van der Waals surface area contributed by atoms with Gasteiger partial charge in [0.05, 0.1) is 17.8 Å². The zero-order chi connectivity index (χ0) is 17.4. The van der Waals surface area contributed by atoms with Crippen LogP contribution in [0.15, 0.2) is 4.79 Å². The monoisotopic (exact) mass is 346 g/mol. The van der Waals surface area contributed by atoms with Crippen LogP contribution in [0.5, 0.6) is 0 Å². The number of hydrogen-bond acceptors (Lipinski definition) is 5. The molecule has 1 aliphatic rings. The number of nitrogens with zero attached hydrogens (tertiary/aromatic N) is 3. The number of carbonyl (C=O) groups excluding carboxylic acids is 1. The van der Waals surface area contributed by atoms with Crippen LogP contribution in [0, 0.1) is 19.8 Å². The van der Waals surface area contributed by atoms with Gasteiger partial charge in [-0.15, -0.1) is 11.3 Å². The topological polar surface area (TPSA) is 76.9 Å². The molecule has 0 fully saturated rings. The molecular formula is C17H22N4O2S. The molecule has 0 radical (unpaired) electrons. The van der Waals surface area contributed by atoms with Crippen molar-refractivity contribution in [3.8, 4) is 0 Å². The Morgan fingerprint density at radius 1 is 1.38 bits per heavy atom. The van der Waals surface area contributed by atoms with Gasteiger partial charge in [-0.3, -0.25) is 14.2 Å². The number of carbonyl (C=O) groups is 1. The van der Waals surface area contributed by atoms with Crippen molar-refractivity contribution in [1.82, 2.24) is 14.5 Å². The summed E-state index contributed by atoms with van der Waals surface area (Å²) in [7, 11) is 1.68. The molecule has 0 aromatic carbocycles. The summed E-state index contributed by atoms with van der Waals surface area (Å²) in [6.07, 6.45) is 3.26. The average molecular weight is 346 g/mol. The standard InChI is InChI=1S/C17H22N4O2S/c1-9-5-6-12-14(7-9)24-17(19-12)20-15(22)8-13-10(2)16(23)21(4)11(3)18-13/h9H,5-8H2,1-4H3,(H,19,20,22). The Hall–Kier alpha value is -2.02.